The number of hydrogen-bond donors (Lipinski definition) is 1. The molecule has 1 aromatic rings. The van der Waals surface area contributed by atoms with Crippen LogP contribution in [0.3, 0.4) is 0 Å². The lowest BCUT2D eigenvalue weighted by Crippen LogP contribution is -2.29. The number of benzene rings is 1. The minimum Gasteiger partial charge on any atom is -0.481 e. The number of carboxylic acids is 1. The van der Waals surface area contributed by atoms with Crippen molar-refractivity contribution in [3.8, 4) is 0 Å². The highest BCUT2D eigenvalue weighted by Crippen LogP contribution is 2.13. The highest BCUT2D eigenvalue weighted by atomic mass is 35.5. The van der Waals surface area contributed by atoms with Crippen LogP contribution in [0, 0.1) is 0 Å². The van der Waals surface area contributed by atoms with Crippen molar-refractivity contribution in [1.82, 2.24) is 4.31 Å². The lowest BCUT2D eigenvalue weighted by atomic mass is 10.2. The molecule has 1 aromatic carbocycles. The predicted octanol–water partition coefficient (Wildman–Crippen LogP) is 1.97. The summed E-state index contributed by atoms with van der Waals surface area (Å²) >= 11 is 5.75. The van der Waals surface area contributed by atoms with E-state index < -0.39 is 16.0 Å². The first kappa shape index (κ1) is 15.9. The van der Waals surface area contributed by atoms with E-state index >= 15 is 0 Å². The maximum atomic E-state index is 11.9. The SMILES string of the molecule is CN(Cc1ccc(Cl)cc1)S(=O)(=O)CCCC(=O)O. The molecule has 0 bridgehead atoms. The van der Waals surface area contributed by atoms with Gasteiger partial charge in [0.05, 0.1) is 5.75 Å². The van der Waals surface area contributed by atoms with E-state index in [0.29, 0.717) is 5.02 Å². The molecule has 19 heavy (non-hydrogen) atoms. The molecule has 106 valence electrons. The summed E-state index contributed by atoms with van der Waals surface area (Å²) in [5, 5.41) is 9.08. The standard InChI is InChI=1S/C12H16ClNO4S/c1-14(9-10-4-6-11(13)7-5-10)19(17,18)8-2-3-12(15)16/h4-7H,2-3,8-9H2,1H3,(H,15,16). The van der Waals surface area contributed by atoms with Crippen LogP contribution in [0.25, 0.3) is 0 Å². The third-order valence-corrected chi connectivity index (χ3v) is 4.72. The molecule has 0 saturated heterocycles. The highest BCUT2D eigenvalue weighted by molar-refractivity contribution is 7.89. The van der Waals surface area contributed by atoms with Gasteiger partial charge in [0.2, 0.25) is 10.0 Å². The molecule has 1 rings (SSSR count). The summed E-state index contributed by atoms with van der Waals surface area (Å²) < 4.78 is 25.0. The molecule has 0 unspecified atom stereocenters. The summed E-state index contributed by atoms with van der Waals surface area (Å²) in [6.07, 6.45) is -0.0311. The van der Waals surface area contributed by atoms with Gasteiger partial charge in [-0.25, -0.2) is 12.7 Å². The van der Waals surface area contributed by atoms with E-state index in [9.17, 15) is 13.2 Å². The zero-order chi connectivity index (χ0) is 14.5. The molecule has 0 radical (unpaired) electrons. The molecule has 0 spiro atoms. The molecule has 0 fully saturated rings. The van der Waals surface area contributed by atoms with E-state index in [-0.39, 0.29) is 25.1 Å². The third-order valence-electron chi connectivity index (χ3n) is 2.59. The Morgan fingerprint density at radius 1 is 1.32 bits per heavy atom. The highest BCUT2D eigenvalue weighted by Gasteiger charge is 2.18. The van der Waals surface area contributed by atoms with Crippen LogP contribution in [-0.2, 0) is 21.4 Å². The van der Waals surface area contributed by atoms with E-state index in [1.54, 1.807) is 24.3 Å². The van der Waals surface area contributed by atoms with Crippen molar-refractivity contribution in [2.45, 2.75) is 19.4 Å². The molecular formula is C12H16ClNO4S. The molecule has 0 heterocycles. The lowest BCUT2D eigenvalue weighted by Gasteiger charge is -2.17. The number of rotatable bonds is 7. The first-order valence-electron chi connectivity index (χ1n) is 5.71. The van der Waals surface area contributed by atoms with Crippen LogP contribution in [0.2, 0.25) is 5.02 Å². The van der Waals surface area contributed by atoms with Gasteiger partial charge in [0.25, 0.3) is 0 Å². The first-order valence-corrected chi connectivity index (χ1v) is 7.70. The van der Waals surface area contributed by atoms with E-state index in [0.717, 1.165) is 5.56 Å². The molecular weight excluding hydrogens is 290 g/mol. The van der Waals surface area contributed by atoms with Crippen molar-refractivity contribution < 1.29 is 18.3 Å². The van der Waals surface area contributed by atoms with Crippen LogP contribution >= 0.6 is 11.6 Å². The van der Waals surface area contributed by atoms with Crippen molar-refractivity contribution in [2.24, 2.45) is 0 Å². The molecule has 0 atom stereocenters. The second-order valence-corrected chi connectivity index (χ2v) is 6.83. The number of hydrogen-bond acceptors (Lipinski definition) is 3. The van der Waals surface area contributed by atoms with Gasteiger partial charge in [0, 0.05) is 25.0 Å². The van der Waals surface area contributed by atoms with Crippen LogP contribution < -0.4 is 0 Å². The molecule has 0 aliphatic heterocycles. The molecule has 1 N–H and O–H groups in total. The second kappa shape index (κ2) is 6.88. The zero-order valence-corrected chi connectivity index (χ0v) is 12.1. The maximum Gasteiger partial charge on any atom is 0.303 e. The Morgan fingerprint density at radius 2 is 1.89 bits per heavy atom. The summed E-state index contributed by atoms with van der Waals surface area (Å²) in [6, 6.07) is 6.90. The summed E-state index contributed by atoms with van der Waals surface area (Å²) in [4.78, 5) is 10.4. The Labute approximate surface area is 117 Å². The Hall–Kier alpha value is -1.11. The van der Waals surface area contributed by atoms with E-state index in [2.05, 4.69) is 0 Å². The summed E-state index contributed by atoms with van der Waals surface area (Å²) in [5.74, 6) is -1.15. The van der Waals surface area contributed by atoms with Crippen molar-refractivity contribution in [3.05, 3.63) is 34.9 Å². The van der Waals surface area contributed by atoms with Gasteiger partial charge >= 0.3 is 5.97 Å². The maximum absolute atomic E-state index is 11.9. The second-order valence-electron chi connectivity index (χ2n) is 4.20. The van der Waals surface area contributed by atoms with E-state index in [1.807, 2.05) is 0 Å². The average molecular weight is 306 g/mol. The van der Waals surface area contributed by atoms with Gasteiger partial charge in [-0.1, -0.05) is 23.7 Å². The topological polar surface area (TPSA) is 74.7 Å². The van der Waals surface area contributed by atoms with E-state index in [4.69, 9.17) is 16.7 Å². The predicted molar refractivity (Wildman–Crippen MR) is 73.6 cm³/mol. The molecule has 5 nitrogen and oxygen atoms in total. The summed E-state index contributed by atoms with van der Waals surface area (Å²) in [6.45, 7) is 0.243. The van der Waals surface area contributed by atoms with Gasteiger partial charge in [0.15, 0.2) is 0 Å². The Kier molecular flexibility index (Phi) is 5.78. The van der Waals surface area contributed by atoms with Gasteiger partial charge in [-0.15, -0.1) is 0 Å². The third kappa shape index (κ3) is 5.59. The van der Waals surface area contributed by atoms with Gasteiger partial charge in [-0.2, -0.15) is 0 Å². The monoisotopic (exact) mass is 305 g/mol. The Morgan fingerprint density at radius 3 is 2.42 bits per heavy atom. The summed E-state index contributed by atoms with van der Waals surface area (Å²) in [5.41, 5.74) is 0.828. The van der Waals surface area contributed by atoms with Crippen molar-refractivity contribution in [1.29, 1.82) is 0 Å². The van der Waals surface area contributed by atoms with Crippen LogP contribution in [0.1, 0.15) is 18.4 Å². The zero-order valence-electron chi connectivity index (χ0n) is 10.5. The Balaban J connectivity index is 2.58. The lowest BCUT2D eigenvalue weighted by molar-refractivity contribution is -0.137. The van der Waals surface area contributed by atoms with Crippen LogP contribution in [0.15, 0.2) is 24.3 Å². The van der Waals surface area contributed by atoms with Crippen molar-refractivity contribution >= 4 is 27.6 Å². The van der Waals surface area contributed by atoms with Gasteiger partial charge < -0.3 is 5.11 Å². The molecule has 0 saturated carbocycles. The van der Waals surface area contributed by atoms with Gasteiger partial charge in [-0.05, 0) is 24.1 Å². The smallest absolute Gasteiger partial charge is 0.303 e. The average Bonchev–Trinajstić information content (AvgIpc) is 2.31. The molecule has 0 aliphatic rings. The van der Waals surface area contributed by atoms with Crippen LogP contribution in [-0.4, -0.2) is 36.6 Å². The number of carbonyl (C=O) groups is 1. The fraction of sp³-hybridized carbons (Fsp3) is 0.417. The van der Waals surface area contributed by atoms with Crippen molar-refractivity contribution in [3.63, 3.8) is 0 Å². The van der Waals surface area contributed by atoms with Crippen LogP contribution in [0.4, 0.5) is 0 Å². The van der Waals surface area contributed by atoms with Crippen LogP contribution in [0.5, 0.6) is 0 Å². The minimum atomic E-state index is -3.43. The number of nitrogens with zero attached hydrogens (tertiary/aromatic N) is 1. The number of carboxylic acid groups (broad SMARTS) is 1. The number of halogens is 1. The first-order chi connectivity index (χ1) is 8.81. The van der Waals surface area contributed by atoms with Gasteiger partial charge in [0.1, 0.15) is 0 Å². The number of sulfonamides is 1. The van der Waals surface area contributed by atoms with Gasteiger partial charge in [-0.3, -0.25) is 4.79 Å². The van der Waals surface area contributed by atoms with E-state index in [1.165, 1.54) is 11.4 Å². The molecule has 0 amide bonds. The minimum absolute atomic E-state index is 0.114. The quantitative estimate of drug-likeness (QED) is 0.835. The van der Waals surface area contributed by atoms with Crippen molar-refractivity contribution in [2.75, 3.05) is 12.8 Å². The fourth-order valence-electron chi connectivity index (χ4n) is 1.51. The largest absolute Gasteiger partial charge is 0.481 e. The molecule has 0 aliphatic carbocycles. The fourth-order valence-corrected chi connectivity index (χ4v) is 2.80. The Bertz CT molecular complexity index is 527. The molecule has 7 heteroatoms. The summed E-state index contributed by atoms with van der Waals surface area (Å²) in [7, 11) is -1.95. The number of aliphatic carboxylic acids is 1. The molecule has 0 aromatic heterocycles. The normalized spacial score (nSPS) is 11.7.